The van der Waals surface area contributed by atoms with Crippen LogP contribution >= 0.6 is 0 Å². The molecule has 1 amide bonds. The summed E-state index contributed by atoms with van der Waals surface area (Å²) in [6, 6.07) is 21.4. The van der Waals surface area contributed by atoms with Crippen LogP contribution in [-0.2, 0) is 24.8 Å². The van der Waals surface area contributed by atoms with Crippen molar-refractivity contribution in [3.8, 4) is 17.2 Å². The topological polar surface area (TPSA) is 140 Å². The first-order chi connectivity index (χ1) is 20.9. The van der Waals surface area contributed by atoms with Crippen molar-refractivity contribution in [3.05, 3.63) is 96.1 Å². The van der Waals surface area contributed by atoms with Gasteiger partial charge in [-0.3, -0.25) is 13.8 Å². The number of nitrogens with one attached hydrogen (secondary N) is 2. The number of carbonyl (C=O) groups excluding carboxylic acids is 1. The zero-order valence-corrected chi connectivity index (χ0v) is 26.5. The number of rotatable bonds is 12. The lowest BCUT2D eigenvalue weighted by atomic mass is 10.2. The molecule has 0 aliphatic heterocycles. The van der Waals surface area contributed by atoms with Gasteiger partial charge in [0.2, 0.25) is 5.91 Å². The monoisotopic (exact) mass is 639 g/mol. The van der Waals surface area contributed by atoms with Gasteiger partial charge >= 0.3 is 0 Å². The van der Waals surface area contributed by atoms with E-state index in [9.17, 15) is 21.6 Å². The Labute approximate surface area is 257 Å². The summed E-state index contributed by atoms with van der Waals surface area (Å²) in [5, 5.41) is 2.64. The highest BCUT2D eigenvalue weighted by Gasteiger charge is 2.28. The molecule has 0 unspecified atom stereocenters. The number of methoxy groups -OCH3 is 3. The first-order valence-electron chi connectivity index (χ1n) is 13.3. The number of aryl methyl sites for hydroxylation is 2. The van der Waals surface area contributed by atoms with Crippen LogP contribution < -0.4 is 28.6 Å². The summed E-state index contributed by atoms with van der Waals surface area (Å²) in [7, 11) is -3.85. The average Bonchev–Trinajstić information content (AvgIpc) is 3.00. The molecule has 4 aromatic rings. The number of ether oxygens (including phenoxy) is 3. The summed E-state index contributed by atoms with van der Waals surface area (Å²) in [4.78, 5) is 13.2. The zero-order chi connectivity index (χ0) is 32.1. The minimum absolute atomic E-state index is 0.00187. The third kappa shape index (κ3) is 7.24. The maximum atomic E-state index is 13.7. The lowest BCUT2D eigenvalue weighted by molar-refractivity contribution is -0.114. The molecular weight excluding hydrogens is 606 g/mol. The van der Waals surface area contributed by atoms with Gasteiger partial charge in [-0.25, -0.2) is 16.8 Å². The smallest absolute Gasteiger partial charge is 0.264 e. The standard InChI is InChI=1S/C31H33N3O8S2/c1-21-6-12-26(13-7-21)44(38,39)34(24-11-17-29(41-4)30(19-24)42-5)20-31(35)32-23-9-14-25(15-10-23)43(36,37)33-27-18-22(2)8-16-28(27)40-3/h6-19,33H,20H2,1-5H3,(H,32,35). The first kappa shape index (κ1) is 32.2. The predicted molar refractivity (Wildman–Crippen MR) is 169 cm³/mol. The SMILES string of the molecule is COc1ccc(C)cc1NS(=O)(=O)c1ccc(NC(=O)CN(c2ccc(OC)c(OC)c2)S(=O)(=O)c2ccc(C)cc2)cc1. The van der Waals surface area contributed by atoms with Gasteiger partial charge in [-0.05, 0) is 80.1 Å². The quantitative estimate of drug-likeness (QED) is 0.222. The van der Waals surface area contributed by atoms with Crippen molar-refractivity contribution >= 4 is 43.0 Å². The van der Waals surface area contributed by atoms with Crippen LogP contribution in [0, 0.1) is 13.8 Å². The summed E-state index contributed by atoms with van der Waals surface area (Å²) in [5.74, 6) is 0.373. The summed E-state index contributed by atoms with van der Waals surface area (Å²) in [5.41, 5.74) is 2.44. The van der Waals surface area contributed by atoms with Gasteiger partial charge in [0.05, 0.1) is 42.5 Å². The van der Waals surface area contributed by atoms with E-state index in [2.05, 4.69) is 10.0 Å². The molecule has 0 aliphatic rings. The Morgan fingerprint density at radius 2 is 1.25 bits per heavy atom. The highest BCUT2D eigenvalue weighted by atomic mass is 32.2. The fraction of sp³-hybridized carbons (Fsp3) is 0.194. The second kappa shape index (κ2) is 13.3. The van der Waals surface area contributed by atoms with E-state index in [0.717, 1.165) is 15.4 Å². The van der Waals surface area contributed by atoms with Crippen molar-refractivity contribution in [2.45, 2.75) is 23.6 Å². The Morgan fingerprint density at radius 1 is 0.682 bits per heavy atom. The maximum Gasteiger partial charge on any atom is 0.264 e. The molecule has 0 atom stereocenters. The second-order valence-electron chi connectivity index (χ2n) is 9.75. The largest absolute Gasteiger partial charge is 0.495 e. The molecular formula is C31H33N3O8S2. The van der Waals surface area contributed by atoms with E-state index in [1.54, 1.807) is 36.4 Å². The van der Waals surface area contributed by atoms with Crippen LogP contribution in [0.3, 0.4) is 0 Å². The fourth-order valence-electron chi connectivity index (χ4n) is 4.29. The number of amides is 1. The number of benzene rings is 4. The summed E-state index contributed by atoms with van der Waals surface area (Å²) >= 11 is 0. The van der Waals surface area contributed by atoms with E-state index in [0.29, 0.717) is 11.5 Å². The molecule has 0 spiro atoms. The van der Waals surface area contributed by atoms with Gasteiger partial charge < -0.3 is 19.5 Å². The van der Waals surface area contributed by atoms with Gasteiger partial charge in [0, 0.05) is 11.8 Å². The van der Waals surface area contributed by atoms with E-state index >= 15 is 0 Å². The summed E-state index contributed by atoms with van der Waals surface area (Å²) < 4.78 is 72.9. The number of hydrogen-bond acceptors (Lipinski definition) is 8. The normalized spacial score (nSPS) is 11.4. The number of carbonyl (C=O) groups is 1. The number of anilines is 3. The molecule has 0 aliphatic carbocycles. The summed E-state index contributed by atoms with van der Waals surface area (Å²) in [6.45, 7) is 3.08. The van der Waals surface area contributed by atoms with E-state index in [-0.39, 0.29) is 32.6 Å². The third-order valence-corrected chi connectivity index (χ3v) is 9.77. The first-order valence-corrected chi connectivity index (χ1v) is 16.2. The molecule has 0 saturated carbocycles. The number of nitrogens with zero attached hydrogens (tertiary/aromatic N) is 1. The van der Waals surface area contributed by atoms with E-state index in [1.165, 1.54) is 69.9 Å². The molecule has 0 aromatic heterocycles. The molecule has 0 bridgehead atoms. The Balaban J connectivity index is 1.58. The molecule has 11 nitrogen and oxygen atoms in total. The number of hydrogen-bond donors (Lipinski definition) is 2. The van der Waals surface area contributed by atoms with Crippen molar-refractivity contribution in [1.82, 2.24) is 0 Å². The van der Waals surface area contributed by atoms with Crippen LogP contribution in [0.5, 0.6) is 17.2 Å². The molecule has 0 heterocycles. The lowest BCUT2D eigenvalue weighted by Crippen LogP contribution is -2.38. The predicted octanol–water partition coefficient (Wildman–Crippen LogP) is 4.96. The molecule has 4 rings (SSSR count). The van der Waals surface area contributed by atoms with Gasteiger partial charge in [0.15, 0.2) is 11.5 Å². The average molecular weight is 640 g/mol. The van der Waals surface area contributed by atoms with Gasteiger partial charge in [-0.15, -0.1) is 0 Å². The van der Waals surface area contributed by atoms with Crippen LogP contribution in [0.4, 0.5) is 17.1 Å². The molecule has 44 heavy (non-hydrogen) atoms. The molecule has 232 valence electrons. The van der Waals surface area contributed by atoms with Crippen LogP contribution in [0.25, 0.3) is 0 Å². The fourth-order valence-corrected chi connectivity index (χ4v) is 6.76. The Morgan fingerprint density at radius 3 is 1.86 bits per heavy atom. The molecule has 4 aromatic carbocycles. The Bertz CT molecular complexity index is 1860. The molecule has 2 N–H and O–H groups in total. The maximum absolute atomic E-state index is 13.7. The minimum atomic E-state index is -4.19. The van der Waals surface area contributed by atoms with E-state index in [4.69, 9.17) is 14.2 Å². The second-order valence-corrected chi connectivity index (χ2v) is 13.3. The Hall–Kier alpha value is -4.75. The molecule has 0 fully saturated rings. The van der Waals surface area contributed by atoms with Crippen molar-refractivity contribution in [2.75, 3.05) is 42.2 Å². The van der Waals surface area contributed by atoms with Crippen LogP contribution in [0.15, 0.2) is 94.7 Å². The van der Waals surface area contributed by atoms with Crippen LogP contribution in [-0.4, -0.2) is 50.6 Å². The van der Waals surface area contributed by atoms with Gasteiger partial charge in [0.1, 0.15) is 12.3 Å². The van der Waals surface area contributed by atoms with Gasteiger partial charge in [-0.2, -0.15) is 0 Å². The molecule has 0 saturated heterocycles. The molecule has 0 radical (unpaired) electrons. The van der Waals surface area contributed by atoms with Crippen molar-refractivity contribution in [2.24, 2.45) is 0 Å². The van der Waals surface area contributed by atoms with Crippen LogP contribution in [0.2, 0.25) is 0 Å². The van der Waals surface area contributed by atoms with Gasteiger partial charge in [0.25, 0.3) is 20.0 Å². The number of sulfonamides is 2. The van der Waals surface area contributed by atoms with Gasteiger partial charge in [-0.1, -0.05) is 23.8 Å². The third-order valence-electron chi connectivity index (χ3n) is 6.60. The van der Waals surface area contributed by atoms with Crippen molar-refractivity contribution < 1.29 is 35.8 Å². The minimum Gasteiger partial charge on any atom is -0.495 e. The van der Waals surface area contributed by atoms with E-state index < -0.39 is 32.5 Å². The highest BCUT2D eigenvalue weighted by molar-refractivity contribution is 7.93. The summed E-state index contributed by atoms with van der Waals surface area (Å²) in [6.07, 6.45) is 0. The Kier molecular flexibility index (Phi) is 9.70. The lowest BCUT2D eigenvalue weighted by Gasteiger charge is -2.25. The zero-order valence-electron chi connectivity index (χ0n) is 24.8. The van der Waals surface area contributed by atoms with Crippen molar-refractivity contribution in [1.29, 1.82) is 0 Å². The molecule has 13 heteroatoms. The van der Waals surface area contributed by atoms with Crippen LogP contribution in [0.1, 0.15) is 11.1 Å². The van der Waals surface area contributed by atoms with E-state index in [1.807, 2.05) is 13.8 Å². The highest BCUT2D eigenvalue weighted by Crippen LogP contribution is 2.34. The van der Waals surface area contributed by atoms with Crippen molar-refractivity contribution in [3.63, 3.8) is 0 Å².